The van der Waals surface area contributed by atoms with Gasteiger partial charge in [0.05, 0.1) is 12.0 Å². The summed E-state index contributed by atoms with van der Waals surface area (Å²) in [5, 5.41) is 11.9. The summed E-state index contributed by atoms with van der Waals surface area (Å²) in [5.74, 6) is -1.38. The van der Waals surface area contributed by atoms with Gasteiger partial charge in [0.1, 0.15) is 0 Å². The first-order valence-electron chi connectivity index (χ1n) is 6.76. The molecular formula is C15H18BrNO3. The van der Waals surface area contributed by atoms with Crippen molar-refractivity contribution in [1.82, 2.24) is 5.32 Å². The van der Waals surface area contributed by atoms with Gasteiger partial charge in [0.15, 0.2) is 0 Å². The zero-order chi connectivity index (χ0) is 14.7. The van der Waals surface area contributed by atoms with E-state index >= 15 is 0 Å². The van der Waals surface area contributed by atoms with Gasteiger partial charge in [-0.15, -0.1) is 0 Å². The fraction of sp³-hybridized carbons (Fsp3) is 0.467. The van der Waals surface area contributed by atoms with Crippen molar-refractivity contribution < 1.29 is 14.7 Å². The minimum absolute atomic E-state index is 0.0405. The molecule has 108 valence electrons. The van der Waals surface area contributed by atoms with Crippen LogP contribution in [0.4, 0.5) is 0 Å². The van der Waals surface area contributed by atoms with Crippen molar-refractivity contribution in [3.63, 3.8) is 0 Å². The van der Waals surface area contributed by atoms with Gasteiger partial charge in [0.2, 0.25) is 5.91 Å². The van der Waals surface area contributed by atoms with Gasteiger partial charge in [-0.05, 0) is 43.9 Å². The number of rotatable bonds is 4. The maximum atomic E-state index is 12.2. The number of halogens is 1. The first kappa shape index (κ1) is 15.0. The third-order valence-corrected chi connectivity index (χ3v) is 4.35. The fourth-order valence-electron chi connectivity index (χ4n) is 2.63. The van der Waals surface area contributed by atoms with Crippen LogP contribution in [0.1, 0.15) is 37.8 Å². The summed E-state index contributed by atoms with van der Waals surface area (Å²) >= 11 is 3.41. The Hall–Kier alpha value is -1.36. The van der Waals surface area contributed by atoms with E-state index in [9.17, 15) is 9.59 Å². The Morgan fingerprint density at radius 1 is 1.35 bits per heavy atom. The molecule has 1 amide bonds. The van der Waals surface area contributed by atoms with Gasteiger partial charge in [0, 0.05) is 10.4 Å². The molecule has 0 heterocycles. The van der Waals surface area contributed by atoms with Crippen molar-refractivity contribution in [3.05, 3.63) is 34.3 Å². The van der Waals surface area contributed by atoms with Gasteiger partial charge in [0.25, 0.3) is 0 Å². The molecule has 2 N–H and O–H groups in total. The van der Waals surface area contributed by atoms with E-state index in [0.717, 1.165) is 10.0 Å². The van der Waals surface area contributed by atoms with E-state index in [2.05, 4.69) is 21.2 Å². The van der Waals surface area contributed by atoms with Crippen molar-refractivity contribution in [3.8, 4) is 0 Å². The van der Waals surface area contributed by atoms with Crippen LogP contribution in [-0.4, -0.2) is 17.0 Å². The lowest BCUT2D eigenvalue weighted by atomic mass is 10.0. The second-order valence-corrected chi connectivity index (χ2v) is 6.25. The van der Waals surface area contributed by atoms with E-state index in [1.807, 2.05) is 31.2 Å². The molecule has 1 saturated carbocycles. The lowest BCUT2D eigenvalue weighted by Gasteiger charge is -2.17. The third-order valence-electron chi connectivity index (χ3n) is 3.86. The molecule has 0 aromatic heterocycles. The van der Waals surface area contributed by atoms with E-state index in [0.29, 0.717) is 19.3 Å². The molecule has 5 heteroatoms. The number of carbonyl (C=O) groups excluding carboxylic acids is 1. The van der Waals surface area contributed by atoms with Crippen molar-refractivity contribution >= 4 is 27.8 Å². The summed E-state index contributed by atoms with van der Waals surface area (Å²) in [6, 6.07) is 7.72. The molecule has 0 aliphatic heterocycles. The van der Waals surface area contributed by atoms with E-state index in [1.165, 1.54) is 0 Å². The normalized spacial score (nSPS) is 23.3. The molecule has 20 heavy (non-hydrogen) atoms. The van der Waals surface area contributed by atoms with Crippen molar-refractivity contribution in [2.75, 3.05) is 0 Å². The first-order chi connectivity index (χ1) is 9.47. The van der Waals surface area contributed by atoms with E-state index in [4.69, 9.17) is 5.11 Å². The number of nitrogens with one attached hydrogen (secondary N) is 1. The second-order valence-electron chi connectivity index (χ2n) is 5.33. The maximum absolute atomic E-state index is 12.2. The minimum atomic E-state index is -0.791. The molecule has 0 spiro atoms. The Bertz CT molecular complexity index is 518. The molecule has 0 unspecified atom stereocenters. The Kier molecular flexibility index (Phi) is 4.81. The Labute approximate surface area is 126 Å². The Balaban J connectivity index is 1.93. The summed E-state index contributed by atoms with van der Waals surface area (Å²) < 4.78 is 0.975. The topological polar surface area (TPSA) is 66.4 Å². The van der Waals surface area contributed by atoms with Crippen molar-refractivity contribution in [1.29, 1.82) is 0 Å². The van der Waals surface area contributed by atoms with E-state index in [-0.39, 0.29) is 23.8 Å². The highest BCUT2D eigenvalue weighted by molar-refractivity contribution is 9.10. The highest BCUT2D eigenvalue weighted by Crippen LogP contribution is 2.31. The molecule has 3 atom stereocenters. The summed E-state index contributed by atoms with van der Waals surface area (Å²) in [7, 11) is 0. The minimum Gasteiger partial charge on any atom is -0.481 e. The molecule has 1 fully saturated rings. The lowest BCUT2D eigenvalue weighted by Crippen LogP contribution is -2.32. The molecule has 1 aromatic rings. The number of carboxylic acid groups (broad SMARTS) is 1. The monoisotopic (exact) mass is 339 g/mol. The smallest absolute Gasteiger partial charge is 0.306 e. The van der Waals surface area contributed by atoms with Crippen LogP contribution in [0.25, 0.3) is 0 Å². The van der Waals surface area contributed by atoms with Crippen LogP contribution in [0.15, 0.2) is 28.7 Å². The van der Waals surface area contributed by atoms with Crippen molar-refractivity contribution in [2.45, 2.75) is 32.2 Å². The number of carboxylic acids is 1. The molecule has 1 aliphatic rings. The third kappa shape index (κ3) is 3.60. The average Bonchev–Trinajstić information content (AvgIpc) is 2.88. The van der Waals surface area contributed by atoms with Crippen molar-refractivity contribution in [2.24, 2.45) is 11.8 Å². The standard InChI is InChI=1S/C15H18BrNO3/c1-9(10-3-2-4-13(16)8-10)17-14(18)11-5-6-12(7-11)15(19)20/h2-4,8-9,11-12H,5-7H2,1H3,(H,17,18)(H,19,20)/t9-,11-,12+/m1/s1. The highest BCUT2D eigenvalue weighted by Gasteiger charge is 2.34. The number of hydrogen-bond donors (Lipinski definition) is 2. The van der Waals surface area contributed by atoms with Gasteiger partial charge in [-0.3, -0.25) is 9.59 Å². The van der Waals surface area contributed by atoms with Crippen LogP contribution in [0.5, 0.6) is 0 Å². The SMILES string of the molecule is C[C@@H](NC(=O)[C@@H]1CC[C@H](C(=O)O)C1)c1cccc(Br)c1. The van der Waals surface area contributed by atoms with Gasteiger partial charge >= 0.3 is 5.97 Å². The predicted octanol–water partition coefficient (Wildman–Crippen LogP) is 3.13. The number of benzene rings is 1. The van der Waals surface area contributed by atoms with Gasteiger partial charge in [-0.25, -0.2) is 0 Å². The molecule has 0 saturated heterocycles. The van der Waals surface area contributed by atoms with Crippen LogP contribution in [0.3, 0.4) is 0 Å². The molecule has 2 rings (SSSR count). The number of aliphatic carboxylic acids is 1. The number of amides is 1. The molecule has 0 bridgehead atoms. The molecule has 0 radical (unpaired) electrons. The van der Waals surface area contributed by atoms with Gasteiger partial charge in [-0.2, -0.15) is 0 Å². The molecule has 4 nitrogen and oxygen atoms in total. The van der Waals surface area contributed by atoms with E-state index in [1.54, 1.807) is 0 Å². The highest BCUT2D eigenvalue weighted by atomic mass is 79.9. The second kappa shape index (κ2) is 6.39. The summed E-state index contributed by atoms with van der Waals surface area (Å²) in [5.41, 5.74) is 1.03. The molecular weight excluding hydrogens is 322 g/mol. The van der Waals surface area contributed by atoms with Crippen LogP contribution in [-0.2, 0) is 9.59 Å². The zero-order valence-electron chi connectivity index (χ0n) is 11.3. The van der Waals surface area contributed by atoms with E-state index < -0.39 is 5.97 Å². The summed E-state index contributed by atoms with van der Waals surface area (Å²) in [4.78, 5) is 23.1. The van der Waals surface area contributed by atoms with Crippen LogP contribution >= 0.6 is 15.9 Å². The molecule has 1 aliphatic carbocycles. The van der Waals surface area contributed by atoms with Crippen LogP contribution in [0.2, 0.25) is 0 Å². The fourth-order valence-corrected chi connectivity index (χ4v) is 3.05. The quantitative estimate of drug-likeness (QED) is 0.885. The lowest BCUT2D eigenvalue weighted by molar-refractivity contribution is -0.141. The number of carbonyl (C=O) groups is 2. The zero-order valence-corrected chi connectivity index (χ0v) is 12.9. The predicted molar refractivity (Wildman–Crippen MR) is 79.2 cm³/mol. The largest absolute Gasteiger partial charge is 0.481 e. The van der Waals surface area contributed by atoms with Gasteiger partial charge < -0.3 is 10.4 Å². The van der Waals surface area contributed by atoms with Crippen LogP contribution in [0, 0.1) is 11.8 Å². The summed E-state index contributed by atoms with van der Waals surface area (Å²) in [6.07, 6.45) is 1.71. The molecule has 1 aromatic carbocycles. The average molecular weight is 340 g/mol. The maximum Gasteiger partial charge on any atom is 0.306 e. The van der Waals surface area contributed by atoms with Crippen LogP contribution < -0.4 is 5.32 Å². The first-order valence-corrected chi connectivity index (χ1v) is 7.55. The Morgan fingerprint density at radius 3 is 2.65 bits per heavy atom. The van der Waals surface area contributed by atoms with Gasteiger partial charge in [-0.1, -0.05) is 28.1 Å². The summed E-state index contributed by atoms with van der Waals surface area (Å²) in [6.45, 7) is 1.93. The number of hydrogen-bond acceptors (Lipinski definition) is 2. The Morgan fingerprint density at radius 2 is 2.05 bits per heavy atom.